The molecule has 0 atom stereocenters. The van der Waals surface area contributed by atoms with Crippen molar-refractivity contribution in [3.05, 3.63) is 200 Å². The third-order valence-electron chi connectivity index (χ3n) is 11.0. The van der Waals surface area contributed by atoms with Crippen molar-refractivity contribution < 1.29 is 4.42 Å². The number of furan rings is 1. The average Bonchev–Trinajstić information content (AvgIpc) is 3.67. The summed E-state index contributed by atoms with van der Waals surface area (Å²) >= 11 is 0. The molecule has 0 aliphatic rings. The molecule has 2 heterocycles. The normalized spacial score (nSPS) is 11.5. The molecular weight excluding hydrogens is 695 g/mol. The number of hydrogen-bond acceptors (Lipinski definition) is 4. The van der Waals surface area contributed by atoms with Crippen molar-refractivity contribution in [2.75, 3.05) is 0 Å². The van der Waals surface area contributed by atoms with E-state index in [9.17, 15) is 0 Å². The summed E-state index contributed by atoms with van der Waals surface area (Å²) in [5, 5.41) is 7.25. The highest BCUT2D eigenvalue weighted by atomic mass is 16.3. The predicted octanol–water partition coefficient (Wildman–Crippen LogP) is 14.1. The highest BCUT2D eigenvalue weighted by Gasteiger charge is 2.15. The predicted molar refractivity (Wildman–Crippen MR) is 235 cm³/mol. The fraction of sp³-hybridized carbons (Fsp3) is 0. The molecule has 4 heteroatoms. The number of hydrogen-bond donors (Lipinski definition) is 0. The van der Waals surface area contributed by atoms with E-state index in [1.807, 2.05) is 42.5 Å². The molecule has 0 aliphatic carbocycles. The first-order chi connectivity index (χ1) is 28.2. The number of benzene rings is 9. The molecule has 0 radical (unpaired) electrons. The minimum absolute atomic E-state index is 0.632. The monoisotopic (exact) mass is 727 g/mol. The fourth-order valence-corrected chi connectivity index (χ4v) is 8.01. The molecule has 0 amide bonds. The Morgan fingerprint density at radius 1 is 0.263 bits per heavy atom. The second-order valence-corrected chi connectivity index (χ2v) is 14.4. The van der Waals surface area contributed by atoms with E-state index in [0.29, 0.717) is 17.5 Å². The molecule has 0 N–H and O–H groups in total. The van der Waals surface area contributed by atoms with Crippen LogP contribution in [0.1, 0.15) is 0 Å². The molecule has 57 heavy (non-hydrogen) atoms. The third-order valence-corrected chi connectivity index (χ3v) is 11.0. The molecule has 11 aromatic rings. The van der Waals surface area contributed by atoms with Crippen LogP contribution in [0.4, 0.5) is 0 Å². The van der Waals surface area contributed by atoms with Crippen molar-refractivity contribution in [2.24, 2.45) is 0 Å². The lowest BCUT2D eigenvalue weighted by molar-refractivity contribution is 0.669. The average molecular weight is 728 g/mol. The molecule has 0 aliphatic heterocycles. The van der Waals surface area contributed by atoms with Crippen LogP contribution in [0.3, 0.4) is 0 Å². The zero-order chi connectivity index (χ0) is 37.7. The zero-order valence-electron chi connectivity index (χ0n) is 30.8. The quantitative estimate of drug-likeness (QED) is 0.160. The van der Waals surface area contributed by atoms with E-state index in [1.165, 1.54) is 27.1 Å². The molecular formula is C53H33N3O. The van der Waals surface area contributed by atoms with Crippen LogP contribution in [0.25, 0.3) is 111 Å². The van der Waals surface area contributed by atoms with Gasteiger partial charge in [-0.3, -0.25) is 0 Å². The van der Waals surface area contributed by atoms with Crippen LogP contribution < -0.4 is 0 Å². The lowest BCUT2D eigenvalue weighted by atomic mass is 9.93. The van der Waals surface area contributed by atoms with Gasteiger partial charge < -0.3 is 4.42 Å². The topological polar surface area (TPSA) is 51.8 Å². The lowest BCUT2D eigenvalue weighted by Crippen LogP contribution is -2.00. The van der Waals surface area contributed by atoms with E-state index in [-0.39, 0.29) is 0 Å². The zero-order valence-corrected chi connectivity index (χ0v) is 30.8. The smallest absolute Gasteiger partial charge is 0.164 e. The summed E-state index contributed by atoms with van der Waals surface area (Å²) in [5.41, 5.74) is 11.5. The number of aromatic nitrogens is 3. The van der Waals surface area contributed by atoms with E-state index < -0.39 is 0 Å². The molecule has 9 aromatic carbocycles. The first-order valence-corrected chi connectivity index (χ1v) is 19.2. The largest absolute Gasteiger partial charge is 0.456 e. The first-order valence-electron chi connectivity index (χ1n) is 19.2. The maximum absolute atomic E-state index is 6.05. The highest BCUT2D eigenvalue weighted by molar-refractivity contribution is 6.13. The van der Waals surface area contributed by atoms with Gasteiger partial charge in [-0.05, 0) is 79.2 Å². The van der Waals surface area contributed by atoms with Crippen LogP contribution in [-0.2, 0) is 0 Å². The fourth-order valence-electron chi connectivity index (χ4n) is 8.01. The van der Waals surface area contributed by atoms with Gasteiger partial charge in [0.15, 0.2) is 17.5 Å². The van der Waals surface area contributed by atoms with Crippen molar-refractivity contribution >= 4 is 43.5 Å². The summed E-state index contributed by atoms with van der Waals surface area (Å²) < 4.78 is 6.05. The van der Waals surface area contributed by atoms with E-state index in [4.69, 9.17) is 19.4 Å². The first kappa shape index (κ1) is 32.7. The Labute approximate surface area is 329 Å². The van der Waals surface area contributed by atoms with E-state index >= 15 is 0 Å². The summed E-state index contributed by atoms with van der Waals surface area (Å²) in [4.78, 5) is 15.0. The van der Waals surface area contributed by atoms with Crippen LogP contribution in [0.15, 0.2) is 205 Å². The Morgan fingerprint density at radius 3 is 1.35 bits per heavy atom. The minimum Gasteiger partial charge on any atom is -0.456 e. The molecule has 0 bridgehead atoms. The number of rotatable bonds is 6. The SMILES string of the molecule is c1ccc(-c2nc(-c3ccc(-c4ccc(-c5ccc6oc7ccccc7c6c5)cc4)cc3)nc(-c3ccc(-c4cc5ccccc5c5ccccc45)cc3)n2)cc1. The van der Waals surface area contributed by atoms with Gasteiger partial charge in [-0.2, -0.15) is 0 Å². The standard InChI is InChI=1S/C53H33N3O/c1-2-10-38(11-3-1)51-54-52(56-53(55-51)40-28-24-37(25-29-40)47-33-42-12-4-5-13-43(42)44-14-6-7-15-45(44)47)39-26-22-35(23-27-39)34-18-20-36(21-19-34)41-30-31-50-48(32-41)46-16-8-9-17-49(46)57-50/h1-33H. The summed E-state index contributed by atoms with van der Waals surface area (Å²) in [6.07, 6.45) is 0. The Balaban J connectivity index is 0.914. The van der Waals surface area contributed by atoms with Crippen LogP contribution >= 0.6 is 0 Å². The molecule has 0 spiro atoms. The molecule has 11 rings (SSSR count). The summed E-state index contributed by atoms with van der Waals surface area (Å²) in [6, 6.07) is 70.1. The summed E-state index contributed by atoms with van der Waals surface area (Å²) in [6.45, 7) is 0. The van der Waals surface area contributed by atoms with Gasteiger partial charge >= 0.3 is 0 Å². The third kappa shape index (κ3) is 5.92. The number of fused-ring (bicyclic) bond motifs is 6. The van der Waals surface area contributed by atoms with Gasteiger partial charge in [-0.1, -0.05) is 176 Å². The van der Waals surface area contributed by atoms with Crippen LogP contribution in [0, 0.1) is 0 Å². The van der Waals surface area contributed by atoms with Gasteiger partial charge in [0.05, 0.1) is 0 Å². The van der Waals surface area contributed by atoms with Crippen molar-refractivity contribution in [1.29, 1.82) is 0 Å². The second kappa shape index (κ2) is 13.6. The van der Waals surface area contributed by atoms with Gasteiger partial charge in [-0.15, -0.1) is 0 Å². The van der Waals surface area contributed by atoms with E-state index in [0.717, 1.165) is 66.4 Å². The van der Waals surface area contributed by atoms with Gasteiger partial charge in [0.25, 0.3) is 0 Å². The maximum atomic E-state index is 6.05. The Hall–Kier alpha value is -7.69. The number of para-hydroxylation sites is 1. The number of nitrogens with zero attached hydrogens (tertiary/aromatic N) is 3. The van der Waals surface area contributed by atoms with Crippen molar-refractivity contribution in [1.82, 2.24) is 15.0 Å². The van der Waals surface area contributed by atoms with E-state index in [2.05, 4.69) is 158 Å². The van der Waals surface area contributed by atoms with Gasteiger partial charge in [0.1, 0.15) is 11.2 Å². The van der Waals surface area contributed by atoms with Crippen molar-refractivity contribution in [3.63, 3.8) is 0 Å². The second-order valence-electron chi connectivity index (χ2n) is 14.4. The molecule has 2 aromatic heterocycles. The molecule has 266 valence electrons. The Morgan fingerprint density at radius 2 is 0.702 bits per heavy atom. The maximum Gasteiger partial charge on any atom is 0.164 e. The van der Waals surface area contributed by atoms with Crippen molar-refractivity contribution in [3.8, 4) is 67.5 Å². The van der Waals surface area contributed by atoms with Crippen LogP contribution in [0.5, 0.6) is 0 Å². The molecule has 4 nitrogen and oxygen atoms in total. The summed E-state index contributed by atoms with van der Waals surface area (Å²) in [7, 11) is 0. The lowest BCUT2D eigenvalue weighted by Gasteiger charge is -2.12. The summed E-state index contributed by atoms with van der Waals surface area (Å²) in [5.74, 6) is 1.91. The minimum atomic E-state index is 0.632. The molecule has 0 fully saturated rings. The highest BCUT2D eigenvalue weighted by Crippen LogP contribution is 2.37. The molecule has 0 saturated carbocycles. The van der Waals surface area contributed by atoms with Crippen LogP contribution in [0.2, 0.25) is 0 Å². The van der Waals surface area contributed by atoms with Gasteiger partial charge in [0.2, 0.25) is 0 Å². The van der Waals surface area contributed by atoms with Gasteiger partial charge in [0, 0.05) is 27.5 Å². The van der Waals surface area contributed by atoms with Gasteiger partial charge in [-0.25, -0.2) is 15.0 Å². The molecule has 0 unspecified atom stereocenters. The Kier molecular flexibility index (Phi) is 7.78. The van der Waals surface area contributed by atoms with Crippen molar-refractivity contribution in [2.45, 2.75) is 0 Å². The van der Waals surface area contributed by atoms with E-state index in [1.54, 1.807) is 0 Å². The van der Waals surface area contributed by atoms with Crippen LogP contribution in [-0.4, -0.2) is 15.0 Å². The Bertz CT molecular complexity index is 3260. The molecule has 0 saturated heterocycles.